The van der Waals surface area contributed by atoms with E-state index in [1.165, 1.54) is 0 Å². The third-order valence-electron chi connectivity index (χ3n) is 3.53. The first-order chi connectivity index (χ1) is 9.34. The number of carbonyl (C=O) groups excluding carboxylic acids is 1. The predicted octanol–water partition coefficient (Wildman–Crippen LogP) is 2.32. The van der Waals surface area contributed by atoms with Crippen LogP contribution in [-0.2, 0) is 4.79 Å². The van der Waals surface area contributed by atoms with Crippen LogP contribution in [0, 0.1) is 0 Å². The molecule has 1 aliphatic heterocycles. The third-order valence-corrected chi connectivity index (χ3v) is 3.53. The first-order valence-electron chi connectivity index (χ1n) is 6.72. The number of nitrogens with zero attached hydrogens (tertiary/aromatic N) is 1. The molecule has 0 spiro atoms. The van der Waals surface area contributed by atoms with Gasteiger partial charge in [0.15, 0.2) is 0 Å². The van der Waals surface area contributed by atoms with Gasteiger partial charge in [-0.25, -0.2) is 0 Å². The molecule has 1 aromatic carbocycles. The van der Waals surface area contributed by atoms with Crippen LogP contribution in [0.4, 0.5) is 5.69 Å². The number of fused-ring (bicyclic) bond motifs is 1. The van der Waals surface area contributed by atoms with Crippen LogP contribution >= 0.6 is 0 Å². The molecule has 4 heteroatoms. The lowest BCUT2D eigenvalue weighted by Crippen LogP contribution is -2.43. The maximum atomic E-state index is 12.2. The number of hydrogen-bond acceptors (Lipinski definition) is 3. The zero-order valence-electron chi connectivity index (χ0n) is 10.7. The summed E-state index contributed by atoms with van der Waals surface area (Å²) in [5.41, 5.74) is 1.74. The Morgan fingerprint density at radius 3 is 3.05 bits per heavy atom. The highest BCUT2D eigenvalue weighted by atomic mass is 16.2. The lowest BCUT2D eigenvalue weighted by atomic mass is 10.0. The molecule has 1 fully saturated rings. The van der Waals surface area contributed by atoms with Crippen molar-refractivity contribution in [3.05, 3.63) is 36.5 Å². The fraction of sp³-hybridized carbons (Fsp3) is 0.333. The van der Waals surface area contributed by atoms with Crippen molar-refractivity contribution in [1.29, 1.82) is 0 Å². The van der Waals surface area contributed by atoms with Gasteiger partial charge in [0, 0.05) is 11.6 Å². The second-order valence-electron chi connectivity index (χ2n) is 4.87. The molecule has 0 aliphatic carbocycles. The molecular formula is C15H17N3O. The molecular weight excluding hydrogens is 238 g/mol. The molecule has 1 amide bonds. The lowest BCUT2D eigenvalue weighted by Gasteiger charge is -2.22. The van der Waals surface area contributed by atoms with Gasteiger partial charge in [-0.05, 0) is 43.7 Å². The molecule has 1 aliphatic rings. The Labute approximate surface area is 112 Å². The van der Waals surface area contributed by atoms with Crippen LogP contribution in [-0.4, -0.2) is 23.5 Å². The Bertz CT molecular complexity index is 585. The summed E-state index contributed by atoms with van der Waals surface area (Å²) < 4.78 is 0. The van der Waals surface area contributed by atoms with Crippen molar-refractivity contribution in [3.63, 3.8) is 0 Å². The van der Waals surface area contributed by atoms with E-state index in [1.54, 1.807) is 6.20 Å². The summed E-state index contributed by atoms with van der Waals surface area (Å²) in [7, 11) is 0. The Hall–Kier alpha value is -1.94. The van der Waals surface area contributed by atoms with E-state index in [0.717, 1.165) is 42.4 Å². The van der Waals surface area contributed by atoms with Gasteiger partial charge in [0.25, 0.3) is 0 Å². The fourth-order valence-corrected chi connectivity index (χ4v) is 2.51. The molecule has 3 rings (SSSR count). The summed E-state index contributed by atoms with van der Waals surface area (Å²) in [6.07, 6.45) is 4.94. The highest BCUT2D eigenvalue weighted by molar-refractivity contribution is 6.02. The van der Waals surface area contributed by atoms with E-state index in [1.807, 2.05) is 30.3 Å². The van der Waals surface area contributed by atoms with Crippen LogP contribution in [0.25, 0.3) is 10.9 Å². The minimum Gasteiger partial charge on any atom is -0.324 e. The molecule has 1 saturated heterocycles. The van der Waals surface area contributed by atoms with Crippen LogP contribution in [0.1, 0.15) is 19.3 Å². The van der Waals surface area contributed by atoms with Crippen LogP contribution in [0.15, 0.2) is 36.5 Å². The minimum atomic E-state index is -0.0688. The summed E-state index contributed by atoms with van der Waals surface area (Å²) in [4.78, 5) is 16.5. The van der Waals surface area contributed by atoms with Crippen LogP contribution in [0.5, 0.6) is 0 Å². The van der Waals surface area contributed by atoms with Gasteiger partial charge in [-0.15, -0.1) is 0 Å². The van der Waals surface area contributed by atoms with Gasteiger partial charge in [0.1, 0.15) is 0 Å². The average Bonchev–Trinajstić information content (AvgIpc) is 2.48. The first-order valence-corrected chi connectivity index (χ1v) is 6.72. The molecule has 0 bridgehead atoms. The fourth-order valence-electron chi connectivity index (χ4n) is 2.51. The van der Waals surface area contributed by atoms with E-state index in [9.17, 15) is 4.79 Å². The second kappa shape index (κ2) is 5.36. The molecule has 4 nitrogen and oxygen atoms in total. The third kappa shape index (κ3) is 2.58. The molecule has 1 aromatic heterocycles. The summed E-state index contributed by atoms with van der Waals surface area (Å²) in [6, 6.07) is 9.58. The van der Waals surface area contributed by atoms with E-state index >= 15 is 0 Å². The number of anilines is 1. The Kier molecular flexibility index (Phi) is 3.42. The molecule has 2 N–H and O–H groups in total. The van der Waals surface area contributed by atoms with Crippen LogP contribution < -0.4 is 10.6 Å². The maximum absolute atomic E-state index is 12.2. The van der Waals surface area contributed by atoms with Crippen molar-refractivity contribution in [3.8, 4) is 0 Å². The van der Waals surface area contributed by atoms with Crippen molar-refractivity contribution < 1.29 is 4.79 Å². The quantitative estimate of drug-likeness (QED) is 0.866. The van der Waals surface area contributed by atoms with E-state index < -0.39 is 0 Å². The summed E-state index contributed by atoms with van der Waals surface area (Å²) in [5, 5.41) is 7.25. The van der Waals surface area contributed by atoms with E-state index in [-0.39, 0.29) is 11.9 Å². The number of carbonyl (C=O) groups is 1. The number of piperidine rings is 1. The van der Waals surface area contributed by atoms with Gasteiger partial charge >= 0.3 is 0 Å². The molecule has 0 radical (unpaired) electrons. The number of amides is 1. The number of rotatable bonds is 2. The Morgan fingerprint density at radius 2 is 2.21 bits per heavy atom. The van der Waals surface area contributed by atoms with Gasteiger partial charge in [-0.2, -0.15) is 0 Å². The van der Waals surface area contributed by atoms with Gasteiger partial charge in [-0.1, -0.05) is 12.5 Å². The molecule has 0 unspecified atom stereocenters. The molecule has 1 atom stereocenters. The molecule has 0 saturated carbocycles. The highest BCUT2D eigenvalue weighted by Crippen LogP contribution is 2.21. The summed E-state index contributed by atoms with van der Waals surface area (Å²) in [6.45, 7) is 0.926. The number of benzene rings is 1. The summed E-state index contributed by atoms with van der Waals surface area (Å²) >= 11 is 0. The smallest absolute Gasteiger partial charge is 0.241 e. The standard InChI is InChI=1S/C15H17N3O/c19-15(14-6-1-2-9-17-14)18-13-8-3-7-12-11(13)5-4-10-16-12/h3-5,7-8,10,14,17H,1-2,6,9H2,(H,18,19)/t14-/m0/s1. The monoisotopic (exact) mass is 255 g/mol. The molecule has 2 aromatic rings. The topological polar surface area (TPSA) is 54.0 Å². The molecule has 2 heterocycles. The predicted molar refractivity (Wildman–Crippen MR) is 76.0 cm³/mol. The zero-order chi connectivity index (χ0) is 13.1. The van der Waals surface area contributed by atoms with Crippen molar-refractivity contribution >= 4 is 22.5 Å². The van der Waals surface area contributed by atoms with E-state index in [2.05, 4.69) is 15.6 Å². The number of pyridine rings is 1. The molecule has 19 heavy (non-hydrogen) atoms. The largest absolute Gasteiger partial charge is 0.324 e. The second-order valence-corrected chi connectivity index (χ2v) is 4.87. The normalized spacial score (nSPS) is 19.3. The van der Waals surface area contributed by atoms with Gasteiger partial charge in [-0.3, -0.25) is 9.78 Å². The van der Waals surface area contributed by atoms with Crippen LogP contribution in [0.2, 0.25) is 0 Å². The van der Waals surface area contributed by atoms with Gasteiger partial charge in [0.2, 0.25) is 5.91 Å². The van der Waals surface area contributed by atoms with Crippen molar-refractivity contribution in [2.75, 3.05) is 11.9 Å². The number of hydrogen-bond donors (Lipinski definition) is 2. The van der Waals surface area contributed by atoms with Crippen molar-refractivity contribution in [2.45, 2.75) is 25.3 Å². The average molecular weight is 255 g/mol. The lowest BCUT2D eigenvalue weighted by molar-refractivity contribution is -0.118. The van der Waals surface area contributed by atoms with Gasteiger partial charge < -0.3 is 10.6 Å². The zero-order valence-corrected chi connectivity index (χ0v) is 10.7. The van der Waals surface area contributed by atoms with E-state index in [0.29, 0.717) is 0 Å². The minimum absolute atomic E-state index is 0.0519. The SMILES string of the molecule is O=C(Nc1cccc2ncccc12)[C@@H]1CCCCN1. The highest BCUT2D eigenvalue weighted by Gasteiger charge is 2.20. The Morgan fingerprint density at radius 1 is 1.26 bits per heavy atom. The van der Waals surface area contributed by atoms with Crippen LogP contribution in [0.3, 0.4) is 0 Å². The maximum Gasteiger partial charge on any atom is 0.241 e. The molecule has 98 valence electrons. The van der Waals surface area contributed by atoms with Crippen molar-refractivity contribution in [1.82, 2.24) is 10.3 Å². The number of aromatic nitrogens is 1. The van der Waals surface area contributed by atoms with Gasteiger partial charge in [0.05, 0.1) is 17.2 Å². The van der Waals surface area contributed by atoms with Crippen molar-refractivity contribution in [2.24, 2.45) is 0 Å². The van der Waals surface area contributed by atoms with E-state index in [4.69, 9.17) is 0 Å². The Balaban J connectivity index is 1.82. The number of nitrogens with one attached hydrogen (secondary N) is 2. The summed E-state index contributed by atoms with van der Waals surface area (Å²) in [5.74, 6) is 0.0519. The first kappa shape index (κ1) is 12.1.